The second-order valence-electron chi connectivity index (χ2n) is 5.99. The van der Waals surface area contributed by atoms with Crippen LogP contribution in [0, 0.1) is 13.8 Å². The second-order valence-corrected chi connectivity index (χ2v) is 5.99. The largest absolute Gasteiger partial charge is 0.396 e. The van der Waals surface area contributed by atoms with Gasteiger partial charge in [0.25, 0.3) is 11.7 Å². The molecule has 130 valence electrons. The van der Waals surface area contributed by atoms with E-state index in [9.17, 15) is 4.79 Å². The Bertz CT molecular complexity index is 876. The van der Waals surface area contributed by atoms with Gasteiger partial charge in [-0.25, -0.2) is 9.50 Å². The number of aliphatic hydroxyl groups is 1. The SMILES string of the molecule is Cc1cc(C)n2nc(C(=O)NC(CCCO)c3ccccc3)nc2n1. The third-order valence-electron chi connectivity index (χ3n) is 3.98. The van der Waals surface area contributed by atoms with E-state index in [-0.39, 0.29) is 24.4 Å². The first-order chi connectivity index (χ1) is 12.1. The van der Waals surface area contributed by atoms with Crippen molar-refractivity contribution in [2.24, 2.45) is 0 Å². The van der Waals surface area contributed by atoms with E-state index in [1.54, 1.807) is 4.52 Å². The zero-order valence-electron chi connectivity index (χ0n) is 14.3. The Morgan fingerprint density at radius 2 is 2.00 bits per heavy atom. The summed E-state index contributed by atoms with van der Waals surface area (Å²) in [5.74, 6) is 0.148. The predicted molar refractivity (Wildman–Crippen MR) is 93.2 cm³/mol. The van der Waals surface area contributed by atoms with Gasteiger partial charge in [-0.3, -0.25) is 4.79 Å². The molecule has 1 aromatic carbocycles. The molecule has 0 fully saturated rings. The predicted octanol–water partition coefficient (Wildman–Crippen LogP) is 1.98. The minimum atomic E-state index is -0.352. The fraction of sp³-hybridized carbons (Fsp3) is 0.333. The fourth-order valence-corrected chi connectivity index (χ4v) is 2.79. The number of benzene rings is 1. The summed E-state index contributed by atoms with van der Waals surface area (Å²) >= 11 is 0. The number of aryl methyl sites for hydroxylation is 2. The summed E-state index contributed by atoms with van der Waals surface area (Å²) in [4.78, 5) is 21.2. The van der Waals surface area contributed by atoms with Crippen LogP contribution in [0.5, 0.6) is 0 Å². The van der Waals surface area contributed by atoms with Gasteiger partial charge >= 0.3 is 0 Å². The molecule has 0 saturated heterocycles. The van der Waals surface area contributed by atoms with Gasteiger partial charge in [-0.15, -0.1) is 5.10 Å². The lowest BCUT2D eigenvalue weighted by Gasteiger charge is -2.18. The van der Waals surface area contributed by atoms with Gasteiger partial charge in [-0.05, 0) is 38.3 Å². The van der Waals surface area contributed by atoms with Gasteiger partial charge in [0, 0.05) is 18.0 Å². The number of aromatic nitrogens is 4. The molecule has 25 heavy (non-hydrogen) atoms. The van der Waals surface area contributed by atoms with Crippen LogP contribution in [0.1, 0.15) is 46.5 Å². The van der Waals surface area contributed by atoms with Gasteiger partial charge in [0.2, 0.25) is 5.82 Å². The van der Waals surface area contributed by atoms with Crippen molar-refractivity contribution in [3.63, 3.8) is 0 Å². The minimum absolute atomic E-state index is 0.0776. The van der Waals surface area contributed by atoms with E-state index >= 15 is 0 Å². The summed E-state index contributed by atoms with van der Waals surface area (Å²) in [6.07, 6.45) is 1.23. The summed E-state index contributed by atoms with van der Waals surface area (Å²) in [6.45, 7) is 3.85. The highest BCUT2D eigenvalue weighted by Gasteiger charge is 2.19. The smallest absolute Gasteiger partial charge is 0.291 e. The van der Waals surface area contributed by atoms with Gasteiger partial charge in [0.05, 0.1) is 6.04 Å². The van der Waals surface area contributed by atoms with E-state index in [4.69, 9.17) is 5.11 Å². The Morgan fingerprint density at radius 3 is 2.72 bits per heavy atom. The molecule has 0 saturated carbocycles. The Morgan fingerprint density at radius 1 is 1.24 bits per heavy atom. The van der Waals surface area contributed by atoms with Crippen molar-refractivity contribution >= 4 is 11.7 Å². The topological polar surface area (TPSA) is 92.4 Å². The summed E-state index contributed by atoms with van der Waals surface area (Å²) < 4.78 is 1.56. The molecule has 2 heterocycles. The van der Waals surface area contributed by atoms with Crippen molar-refractivity contribution < 1.29 is 9.90 Å². The molecule has 7 heteroatoms. The third-order valence-corrected chi connectivity index (χ3v) is 3.98. The standard InChI is InChI=1S/C18H21N5O2/c1-12-11-13(2)23-18(19-12)21-16(22-23)17(25)20-15(9-6-10-24)14-7-4-3-5-8-14/h3-5,7-8,11,15,24H,6,9-10H2,1-2H3,(H,20,25). The van der Waals surface area contributed by atoms with Crippen LogP contribution in [0.4, 0.5) is 0 Å². The number of carbonyl (C=O) groups excluding carboxylic acids is 1. The number of hydrogen-bond acceptors (Lipinski definition) is 5. The average molecular weight is 339 g/mol. The first kappa shape index (κ1) is 17.0. The van der Waals surface area contributed by atoms with E-state index in [2.05, 4.69) is 20.4 Å². The fourth-order valence-electron chi connectivity index (χ4n) is 2.79. The molecule has 0 aliphatic carbocycles. The number of hydrogen-bond donors (Lipinski definition) is 2. The molecule has 2 N–H and O–H groups in total. The maximum Gasteiger partial charge on any atom is 0.291 e. The van der Waals surface area contributed by atoms with Crippen molar-refractivity contribution in [2.45, 2.75) is 32.7 Å². The van der Waals surface area contributed by atoms with Crippen molar-refractivity contribution in [1.82, 2.24) is 24.9 Å². The van der Waals surface area contributed by atoms with Crippen molar-refractivity contribution in [3.8, 4) is 0 Å². The van der Waals surface area contributed by atoms with Gasteiger partial charge in [-0.1, -0.05) is 30.3 Å². The summed E-state index contributed by atoms with van der Waals surface area (Å²) in [5, 5.41) is 16.3. The summed E-state index contributed by atoms with van der Waals surface area (Å²) in [5.41, 5.74) is 2.68. The zero-order valence-corrected chi connectivity index (χ0v) is 14.3. The molecular formula is C18H21N5O2. The Balaban J connectivity index is 1.85. The van der Waals surface area contributed by atoms with E-state index in [0.29, 0.717) is 18.6 Å². The highest BCUT2D eigenvalue weighted by Crippen LogP contribution is 2.18. The quantitative estimate of drug-likeness (QED) is 0.716. The molecule has 0 spiro atoms. The Hall–Kier alpha value is -2.80. The maximum absolute atomic E-state index is 12.6. The first-order valence-electron chi connectivity index (χ1n) is 8.26. The number of carbonyl (C=O) groups is 1. The molecule has 1 amide bonds. The lowest BCUT2D eigenvalue weighted by molar-refractivity contribution is 0.0922. The van der Waals surface area contributed by atoms with E-state index in [1.807, 2.05) is 50.2 Å². The maximum atomic E-state index is 12.6. The number of rotatable bonds is 6. The van der Waals surface area contributed by atoms with Crippen LogP contribution < -0.4 is 5.32 Å². The van der Waals surface area contributed by atoms with Crippen molar-refractivity contribution in [3.05, 3.63) is 59.2 Å². The van der Waals surface area contributed by atoms with Crippen LogP contribution in [-0.4, -0.2) is 37.2 Å². The minimum Gasteiger partial charge on any atom is -0.396 e. The highest BCUT2D eigenvalue weighted by atomic mass is 16.3. The molecule has 7 nitrogen and oxygen atoms in total. The summed E-state index contributed by atoms with van der Waals surface area (Å²) in [7, 11) is 0. The van der Waals surface area contributed by atoms with Crippen LogP contribution >= 0.6 is 0 Å². The highest BCUT2D eigenvalue weighted by molar-refractivity contribution is 5.91. The zero-order chi connectivity index (χ0) is 17.8. The van der Waals surface area contributed by atoms with Crippen LogP contribution in [0.15, 0.2) is 36.4 Å². The molecule has 1 unspecified atom stereocenters. The second kappa shape index (κ2) is 7.40. The Labute approximate surface area is 145 Å². The Kier molecular flexibility index (Phi) is 5.04. The third kappa shape index (κ3) is 3.83. The lowest BCUT2D eigenvalue weighted by Crippen LogP contribution is -2.29. The van der Waals surface area contributed by atoms with Crippen LogP contribution in [-0.2, 0) is 0 Å². The van der Waals surface area contributed by atoms with E-state index < -0.39 is 0 Å². The molecule has 0 aliphatic heterocycles. The lowest BCUT2D eigenvalue weighted by atomic mass is 10.0. The molecule has 2 aromatic heterocycles. The van der Waals surface area contributed by atoms with E-state index in [0.717, 1.165) is 17.0 Å². The van der Waals surface area contributed by atoms with Crippen LogP contribution in [0.25, 0.3) is 5.78 Å². The molecule has 0 aliphatic rings. The first-order valence-corrected chi connectivity index (χ1v) is 8.26. The van der Waals surface area contributed by atoms with E-state index in [1.165, 1.54) is 0 Å². The van der Waals surface area contributed by atoms with Crippen molar-refractivity contribution in [2.75, 3.05) is 6.61 Å². The van der Waals surface area contributed by atoms with Gasteiger partial charge < -0.3 is 10.4 Å². The number of nitrogens with zero attached hydrogens (tertiary/aromatic N) is 4. The van der Waals surface area contributed by atoms with Gasteiger partial charge in [0.1, 0.15) is 0 Å². The van der Waals surface area contributed by atoms with Crippen LogP contribution in [0.3, 0.4) is 0 Å². The number of aliphatic hydroxyl groups excluding tert-OH is 1. The number of nitrogens with one attached hydrogen (secondary N) is 1. The number of amides is 1. The molecular weight excluding hydrogens is 318 g/mol. The molecule has 3 aromatic rings. The normalized spacial score (nSPS) is 12.3. The van der Waals surface area contributed by atoms with Crippen molar-refractivity contribution in [1.29, 1.82) is 0 Å². The van der Waals surface area contributed by atoms with Gasteiger partial charge in [-0.2, -0.15) is 4.98 Å². The molecule has 1 atom stereocenters. The molecule has 0 bridgehead atoms. The summed E-state index contributed by atoms with van der Waals surface area (Å²) in [6, 6.07) is 11.4. The van der Waals surface area contributed by atoms with Gasteiger partial charge in [0.15, 0.2) is 0 Å². The van der Waals surface area contributed by atoms with Crippen LogP contribution in [0.2, 0.25) is 0 Å². The average Bonchev–Trinajstić information content (AvgIpc) is 3.03. The molecule has 0 radical (unpaired) electrons. The number of fused-ring (bicyclic) bond motifs is 1. The molecule has 3 rings (SSSR count). The monoisotopic (exact) mass is 339 g/mol.